The maximum atomic E-state index is 13.1. The Labute approximate surface area is 176 Å². The molecule has 1 aromatic carbocycles. The fourth-order valence-electron chi connectivity index (χ4n) is 3.37. The zero-order valence-electron chi connectivity index (χ0n) is 16.5. The minimum absolute atomic E-state index is 0.124. The number of hydrogen-bond acceptors (Lipinski definition) is 4. The molecule has 0 saturated carbocycles. The summed E-state index contributed by atoms with van der Waals surface area (Å²) in [4.78, 5) is 29.0. The van der Waals surface area contributed by atoms with Crippen molar-refractivity contribution in [2.45, 2.75) is 45.4 Å². The summed E-state index contributed by atoms with van der Waals surface area (Å²) in [6, 6.07) is 4.86. The van der Waals surface area contributed by atoms with Gasteiger partial charge in [0.15, 0.2) is 0 Å². The van der Waals surface area contributed by atoms with E-state index in [2.05, 4.69) is 6.92 Å². The Morgan fingerprint density at radius 3 is 2.36 bits per heavy atom. The number of aliphatic hydroxyl groups excluding tert-OH is 1. The van der Waals surface area contributed by atoms with Crippen molar-refractivity contribution < 1.29 is 14.7 Å². The SMILES string of the molecule is CCCCCCCCN1C(=O)C(c2ccc(Cl)cc2Cl)=C(N(C)CCO)C1=O. The molecular weight excluding hydrogens is 399 g/mol. The van der Waals surface area contributed by atoms with Crippen LogP contribution in [-0.4, -0.2) is 53.5 Å². The molecule has 0 atom stereocenters. The highest BCUT2D eigenvalue weighted by molar-refractivity contribution is 6.41. The second-order valence-corrected chi connectivity index (χ2v) is 7.87. The molecule has 154 valence electrons. The van der Waals surface area contributed by atoms with E-state index >= 15 is 0 Å². The van der Waals surface area contributed by atoms with Gasteiger partial charge in [-0.05, 0) is 18.6 Å². The van der Waals surface area contributed by atoms with Crippen molar-refractivity contribution in [2.75, 3.05) is 26.7 Å². The first-order valence-corrected chi connectivity index (χ1v) is 10.6. The quantitative estimate of drug-likeness (QED) is 0.421. The van der Waals surface area contributed by atoms with Crippen LogP contribution in [0.1, 0.15) is 51.0 Å². The van der Waals surface area contributed by atoms with Gasteiger partial charge in [0.2, 0.25) is 0 Å². The summed E-state index contributed by atoms with van der Waals surface area (Å²) in [5.74, 6) is -0.682. The highest BCUT2D eigenvalue weighted by atomic mass is 35.5. The maximum absolute atomic E-state index is 13.1. The molecule has 2 rings (SSSR count). The summed E-state index contributed by atoms with van der Waals surface area (Å²) >= 11 is 12.3. The Balaban J connectivity index is 2.25. The monoisotopic (exact) mass is 426 g/mol. The molecular formula is C21H28Cl2N2O3. The van der Waals surface area contributed by atoms with Crippen molar-refractivity contribution in [3.8, 4) is 0 Å². The highest BCUT2D eigenvalue weighted by Crippen LogP contribution is 2.35. The summed E-state index contributed by atoms with van der Waals surface area (Å²) in [6.07, 6.45) is 6.42. The molecule has 28 heavy (non-hydrogen) atoms. The molecule has 5 nitrogen and oxygen atoms in total. The number of rotatable bonds is 11. The average Bonchev–Trinajstić information content (AvgIpc) is 2.89. The molecule has 2 amide bonds. The Morgan fingerprint density at radius 1 is 1.04 bits per heavy atom. The molecule has 0 bridgehead atoms. The normalized spacial score (nSPS) is 14.4. The third-order valence-electron chi connectivity index (χ3n) is 4.90. The maximum Gasteiger partial charge on any atom is 0.277 e. The highest BCUT2D eigenvalue weighted by Gasteiger charge is 2.40. The Morgan fingerprint density at radius 2 is 1.71 bits per heavy atom. The summed E-state index contributed by atoms with van der Waals surface area (Å²) in [6.45, 7) is 2.67. The van der Waals surface area contributed by atoms with Gasteiger partial charge in [-0.3, -0.25) is 14.5 Å². The molecule has 7 heteroatoms. The van der Waals surface area contributed by atoms with Crippen LogP contribution in [-0.2, 0) is 9.59 Å². The van der Waals surface area contributed by atoms with Crippen molar-refractivity contribution in [2.24, 2.45) is 0 Å². The molecule has 0 aromatic heterocycles. The molecule has 0 unspecified atom stereocenters. The summed E-state index contributed by atoms with van der Waals surface area (Å²) in [7, 11) is 1.69. The number of amides is 2. The van der Waals surface area contributed by atoms with E-state index in [-0.39, 0.29) is 36.2 Å². The van der Waals surface area contributed by atoms with Gasteiger partial charge in [0.1, 0.15) is 5.70 Å². The van der Waals surface area contributed by atoms with Gasteiger partial charge in [-0.1, -0.05) is 68.3 Å². The molecule has 0 fully saturated rings. The van der Waals surface area contributed by atoms with E-state index in [0.717, 1.165) is 19.3 Å². The fraction of sp³-hybridized carbons (Fsp3) is 0.524. The zero-order chi connectivity index (χ0) is 20.7. The number of aliphatic hydroxyl groups is 1. The first-order chi connectivity index (χ1) is 13.4. The number of hydrogen-bond donors (Lipinski definition) is 1. The lowest BCUT2D eigenvalue weighted by Crippen LogP contribution is -2.35. The number of halogens is 2. The lowest BCUT2D eigenvalue weighted by Gasteiger charge is -2.20. The molecule has 1 heterocycles. The number of carbonyl (C=O) groups is 2. The molecule has 1 aromatic rings. The first-order valence-electron chi connectivity index (χ1n) is 9.80. The van der Waals surface area contributed by atoms with E-state index in [1.807, 2.05) is 0 Å². The Bertz CT molecular complexity index is 749. The van der Waals surface area contributed by atoms with Crippen LogP contribution in [0, 0.1) is 0 Å². The van der Waals surface area contributed by atoms with Gasteiger partial charge in [-0.15, -0.1) is 0 Å². The van der Waals surface area contributed by atoms with Gasteiger partial charge in [0.05, 0.1) is 17.2 Å². The number of benzene rings is 1. The largest absolute Gasteiger partial charge is 0.395 e. The van der Waals surface area contributed by atoms with Crippen molar-refractivity contribution in [3.63, 3.8) is 0 Å². The number of carbonyl (C=O) groups excluding carboxylic acids is 2. The number of likely N-dealkylation sites (N-methyl/N-ethyl adjacent to an activating group) is 1. The molecule has 0 radical (unpaired) electrons. The second-order valence-electron chi connectivity index (χ2n) is 7.02. The van der Waals surface area contributed by atoms with Crippen LogP contribution in [0.25, 0.3) is 5.57 Å². The fourth-order valence-corrected chi connectivity index (χ4v) is 3.87. The standard InChI is InChI=1S/C21H28Cl2N2O3/c1-3-4-5-6-7-8-11-25-20(27)18(16-10-9-15(22)14-17(16)23)19(21(25)28)24(2)12-13-26/h9-10,14,26H,3-8,11-13H2,1-2H3. The van der Waals surface area contributed by atoms with Crippen molar-refractivity contribution in [1.29, 1.82) is 0 Å². The molecule has 1 aliphatic heterocycles. The molecule has 0 spiro atoms. The zero-order valence-corrected chi connectivity index (χ0v) is 18.0. The third-order valence-corrected chi connectivity index (χ3v) is 5.44. The Kier molecular flexibility index (Phi) is 8.80. The van der Waals surface area contributed by atoms with Gasteiger partial charge in [0.25, 0.3) is 11.8 Å². The van der Waals surface area contributed by atoms with Gasteiger partial charge in [0, 0.05) is 30.7 Å². The van der Waals surface area contributed by atoms with Crippen LogP contribution in [0.3, 0.4) is 0 Å². The number of unbranched alkanes of at least 4 members (excludes halogenated alkanes) is 5. The predicted molar refractivity (Wildman–Crippen MR) is 113 cm³/mol. The first kappa shape index (κ1) is 22.7. The second kappa shape index (κ2) is 10.8. The summed E-state index contributed by atoms with van der Waals surface area (Å²) in [5, 5.41) is 10.1. The van der Waals surface area contributed by atoms with E-state index in [0.29, 0.717) is 22.2 Å². The van der Waals surface area contributed by atoms with Crippen LogP contribution in [0.2, 0.25) is 10.0 Å². The van der Waals surface area contributed by atoms with Gasteiger partial charge in [-0.2, -0.15) is 0 Å². The molecule has 1 aliphatic rings. The van der Waals surface area contributed by atoms with Crippen LogP contribution < -0.4 is 0 Å². The van der Waals surface area contributed by atoms with Crippen molar-refractivity contribution in [1.82, 2.24) is 9.80 Å². The smallest absolute Gasteiger partial charge is 0.277 e. The van der Waals surface area contributed by atoms with E-state index < -0.39 is 0 Å². The van der Waals surface area contributed by atoms with Crippen LogP contribution >= 0.6 is 23.2 Å². The van der Waals surface area contributed by atoms with Crippen LogP contribution in [0.4, 0.5) is 0 Å². The summed E-state index contributed by atoms with van der Waals surface area (Å²) < 4.78 is 0. The minimum Gasteiger partial charge on any atom is -0.395 e. The minimum atomic E-state index is -0.345. The van der Waals surface area contributed by atoms with Crippen LogP contribution in [0.15, 0.2) is 23.9 Å². The number of nitrogens with zero attached hydrogens (tertiary/aromatic N) is 2. The van der Waals surface area contributed by atoms with E-state index in [9.17, 15) is 14.7 Å². The molecule has 1 N–H and O–H groups in total. The lowest BCUT2D eigenvalue weighted by molar-refractivity contribution is -0.137. The van der Waals surface area contributed by atoms with Crippen LogP contribution in [0.5, 0.6) is 0 Å². The van der Waals surface area contributed by atoms with Gasteiger partial charge in [-0.25, -0.2) is 0 Å². The summed E-state index contributed by atoms with van der Waals surface area (Å²) in [5.41, 5.74) is 1.03. The molecule has 0 aliphatic carbocycles. The Hall–Kier alpha value is -1.56. The lowest BCUT2D eigenvalue weighted by atomic mass is 10.0. The predicted octanol–water partition coefficient (Wildman–Crippen LogP) is 4.36. The number of imide groups is 1. The average molecular weight is 427 g/mol. The van der Waals surface area contributed by atoms with E-state index in [1.54, 1.807) is 30.1 Å². The van der Waals surface area contributed by atoms with E-state index in [4.69, 9.17) is 23.2 Å². The van der Waals surface area contributed by atoms with Gasteiger partial charge < -0.3 is 10.0 Å². The van der Waals surface area contributed by atoms with Gasteiger partial charge >= 0.3 is 0 Å². The van der Waals surface area contributed by atoms with Crippen molar-refractivity contribution >= 4 is 40.6 Å². The topological polar surface area (TPSA) is 60.9 Å². The van der Waals surface area contributed by atoms with E-state index in [1.165, 1.54) is 24.2 Å². The van der Waals surface area contributed by atoms with Crippen molar-refractivity contribution in [3.05, 3.63) is 39.5 Å². The molecule has 0 saturated heterocycles. The third kappa shape index (κ3) is 5.28.